The van der Waals surface area contributed by atoms with Gasteiger partial charge in [0.25, 0.3) is 0 Å². The van der Waals surface area contributed by atoms with Crippen LogP contribution in [0.1, 0.15) is 0 Å². The molecule has 0 radical (unpaired) electrons. The monoisotopic (exact) mass is 484 g/mol. The first-order valence-electron chi connectivity index (χ1n) is 9.50. The summed E-state index contributed by atoms with van der Waals surface area (Å²) in [5.41, 5.74) is 1.53. The van der Waals surface area contributed by atoms with Crippen LogP contribution in [0.3, 0.4) is 0 Å². The van der Waals surface area contributed by atoms with Crippen molar-refractivity contribution < 1.29 is 31.9 Å². The second kappa shape index (κ2) is 11.1. The highest BCUT2D eigenvalue weighted by Gasteiger charge is 2.20. The number of hydrogen-bond donors (Lipinski definition) is 1. The number of rotatable bonds is 1. The fourth-order valence-electron chi connectivity index (χ4n) is 2.53. The van der Waals surface area contributed by atoms with E-state index in [1.807, 2.05) is 40.3 Å². The van der Waals surface area contributed by atoms with Crippen LogP contribution < -0.4 is 10.4 Å². The van der Waals surface area contributed by atoms with Gasteiger partial charge in [-0.15, -0.1) is 10.2 Å². The molecule has 0 aliphatic carbocycles. The summed E-state index contributed by atoms with van der Waals surface area (Å²) in [7, 11) is 1.26. The van der Waals surface area contributed by atoms with Crippen LogP contribution in [0.25, 0.3) is 21.9 Å². The Kier molecular flexibility index (Phi) is 8.47. The standard InChI is InChI=1S/C12H16N5O2.C6H5N3O.BF4/c1-15(2)12(16(3)4)19-17-11(18)9-7-5-6-8-10(9)13-14-17;10-9-6-4-2-1-3-5(6)7-8-9;2-1(3,4)5/h5-8H,1-4H3;1-4,10H;/q+1;;-1. The van der Waals surface area contributed by atoms with E-state index in [0.717, 1.165) is 9.69 Å². The van der Waals surface area contributed by atoms with Gasteiger partial charge in [-0.25, -0.2) is 9.48 Å². The van der Waals surface area contributed by atoms with E-state index >= 15 is 0 Å². The molecule has 4 rings (SSSR count). The van der Waals surface area contributed by atoms with Crippen molar-refractivity contribution in [1.29, 1.82) is 0 Å². The number of fused-ring (bicyclic) bond motifs is 2. The minimum absolute atomic E-state index is 0.341. The van der Waals surface area contributed by atoms with Gasteiger partial charge in [-0.1, -0.05) is 29.1 Å². The van der Waals surface area contributed by atoms with Gasteiger partial charge >= 0.3 is 18.8 Å². The summed E-state index contributed by atoms with van der Waals surface area (Å²) >= 11 is 0. The lowest BCUT2D eigenvalue weighted by atomic mass is 10.2. The Morgan fingerprint density at radius 2 is 1.50 bits per heavy atom. The normalized spacial score (nSPS) is 10.6. The van der Waals surface area contributed by atoms with Gasteiger partial charge in [-0.2, -0.15) is 0 Å². The van der Waals surface area contributed by atoms with E-state index in [2.05, 4.69) is 20.6 Å². The van der Waals surface area contributed by atoms with E-state index in [9.17, 15) is 22.1 Å². The Labute approximate surface area is 190 Å². The number of nitrogens with zero attached hydrogens (tertiary/aromatic N) is 8. The molecule has 0 unspecified atom stereocenters. The van der Waals surface area contributed by atoms with Gasteiger partial charge in [0.15, 0.2) is 0 Å². The molecule has 0 amide bonds. The van der Waals surface area contributed by atoms with Crippen LogP contribution in [0.15, 0.2) is 53.3 Å². The van der Waals surface area contributed by atoms with Crippen LogP contribution in [0.2, 0.25) is 0 Å². The van der Waals surface area contributed by atoms with Crippen LogP contribution >= 0.6 is 0 Å². The molecule has 0 atom stereocenters. The predicted octanol–water partition coefficient (Wildman–Crippen LogP) is 1.38. The summed E-state index contributed by atoms with van der Waals surface area (Å²) in [5.74, 6) is 0. The van der Waals surface area contributed by atoms with Crippen molar-refractivity contribution in [1.82, 2.24) is 35.2 Å². The molecular weight excluding hydrogens is 463 g/mol. The molecule has 0 aliphatic heterocycles. The largest absolute Gasteiger partial charge is 0.673 e. The topological polar surface area (TPSA) is 114 Å². The molecule has 0 spiro atoms. The molecule has 16 heteroatoms. The first-order chi connectivity index (χ1) is 15.9. The number of benzene rings is 2. The Morgan fingerprint density at radius 3 is 2.06 bits per heavy atom. The van der Waals surface area contributed by atoms with Crippen molar-refractivity contribution in [2.75, 3.05) is 28.2 Å². The third kappa shape index (κ3) is 7.42. The zero-order valence-electron chi connectivity index (χ0n) is 18.5. The molecule has 0 saturated carbocycles. The third-order valence-corrected chi connectivity index (χ3v) is 3.81. The van der Waals surface area contributed by atoms with E-state index in [0.29, 0.717) is 28.0 Å². The molecule has 0 aliphatic rings. The third-order valence-electron chi connectivity index (χ3n) is 3.81. The van der Waals surface area contributed by atoms with Crippen LogP contribution in [-0.2, 0) is 0 Å². The highest BCUT2D eigenvalue weighted by molar-refractivity contribution is 6.50. The average Bonchev–Trinajstić information content (AvgIpc) is 3.13. The van der Waals surface area contributed by atoms with E-state index < -0.39 is 7.25 Å². The first kappa shape index (κ1) is 26.0. The number of amidine groups is 1. The summed E-state index contributed by atoms with van der Waals surface area (Å²) in [4.78, 5) is 21.1. The van der Waals surface area contributed by atoms with Gasteiger partial charge in [0, 0.05) is 0 Å². The maximum Gasteiger partial charge on any atom is 0.673 e. The van der Waals surface area contributed by atoms with Crippen molar-refractivity contribution in [2.45, 2.75) is 0 Å². The maximum atomic E-state index is 12.2. The van der Waals surface area contributed by atoms with Crippen molar-refractivity contribution in [3.8, 4) is 0 Å². The van der Waals surface area contributed by atoms with Gasteiger partial charge in [-0.3, -0.25) is 9.63 Å². The minimum Gasteiger partial charge on any atom is -0.418 e. The lowest BCUT2D eigenvalue weighted by Gasteiger charge is -2.10. The molecule has 2 heterocycles. The smallest absolute Gasteiger partial charge is 0.418 e. The van der Waals surface area contributed by atoms with Gasteiger partial charge < -0.3 is 22.5 Å². The van der Waals surface area contributed by atoms with E-state index in [4.69, 9.17) is 10.0 Å². The van der Waals surface area contributed by atoms with Crippen LogP contribution in [0.4, 0.5) is 17.3 Å². The van der Waals surface area contributed by atoms with Crippen molar-refractivity contribution in [3.63, 3.8) is 0 Å². The summed E-state index contributed by atoms with van der Waals surface area (Å²) in [6.07, 6.45) is 0. The lowest BCUT2D eigenvalue weighted by molar-refractivity contribution is -0.480. The molecule has 182 valence electrons. The average molecular weight is 484 g/mol. The molecule has 0 fully saturated rings. The molecule has 1 N–H and O–H groups in total. The van der Waals surface area contributed by atoms with Crippen molar-refractivity contribution in [3.05, 3.63) is 58.9 Å². The Balaban J connectivity index is 0.000000225. The van der Waals surface area contributed by atoms with Gasteiger partial charge in [0.1, 0.15) is 16.6 Å². The molecular formula is C18H21BF4N8O3. The number of hydrogen-bond acceptors (Lipinski definition) is 7. The second-order valence-corrected chi connectivity index (χ2v) is 6.91. The molecule has 2 aromatic carbocycles. The minimum atomic E-state index is -6.00. The molecule has 4 aromatic rings. The van der Waals surface area contributed by atoms with E-state index in [1.165, 1.54) is 0 Å². The Hall–Kier alpha value is -4.24. The molecule has 2 aromatic heterocycles. The van der Waals surface area contributed by atoms with Crippen LogP contribution in [0.5, 0.6) is 0 Å². The highest BCUT2D eigenvalue weighted by atomic mass is 19.5. The maximum absolute atomic E-state index is 12.2. The van der Waals surface area contributed by atoms with Crippen molar-refractivity contribution >= 4 is 35.2 Å². The Morgan fingerprint density at radius 1 is 0.971 bits per heavy atom. The van der Waals surface area contributed by atoms with E-state index in [1.54, 1.807) is 45.9 Å². The summed E-state index contributed by atoms with van der Waals surface area (Å²) in [6, 6.07) is 14.7. The molecule has 0 saturated heterocycles. The zero-order chi connectivity index (χ0) is 25.5. The fraction of sp³-hybridized carbons (Fsp3) is 0.222. The molecule has 34 heavy (non-hydrogen) atoms. The second-order valence-electron chi connectivity index (χ2n) is 6.91. The predicted molar refractivity (Wildman–Crippen MR) is 116 cm³/mol. The SMILES string of the molecule is CN(C)C(On1nnc2ccccc2c1=O)=[N+](C)C.F[B-](F)(F)F.On1nnc2ccccc21. The highest BCUT2D eigenvalue weighted by Crippen LogP contribution is 2.07. The van der Waals surface area contributed by atoms with Crippen LogP contribution in [-0.4, -0.2) is 86.5 Å². The molecule has 11 nitrogen and oxygen atoms in total. The first-order valence-corrected chi connectivity index (χ1v) is 9.50. The van der Waals surface area contributed by atoms with Crippen molar-refractivity contribution in [2.24, 2.45) is 0 Å². The number of para-hydroxylation sites is 1. The fourth-order valence-corrected chi connectivity index (χ4v) is 2.53. The summed E-state index contributed by atoms with van der Waals surface area (Å²) < 4.78 is 40.7. The zero-order valence-corrected chi connectivity index (χ0v) is 18.5. The van der Waals surface area contributed by atoms with Gasteiger partial charge in [0.2, 0.25) is 0 Å². The van der Waals surface area contributed by atoms with Crippen LogP contribution in [0, 0.1) is 0 Å². The van der Waals surface area contributed by atoms with Gasteiger partial charge in [0.05, 0.1) is 33.6 Å². The Bertz CT molecular complexity index is 1330. The number of halogens is 4. The quantitative estimate of drug-likeness (QED) is 0.108. The summed E-state index contributed by atoms with van der Waals surface area (Å²) in [6.45, 7) is 0. The van der Waals surface area contributed by atoms with Gasteiger partial charge in [-0.05, 0) is 39.5 Å². The molecule has 0 bridgehead atoms. The van der Waals surface area contributed by atoms with E-state index in [-0.39, 0.29) is 5.56 Å². The number of aromatic nitrogens is 6. The summed E-state index contributed by atoms with van der Waals surface area (Å²) in [5, 5.41) is 24.2. The lowest BCUT2D eigenvalue weighted by Crippen LogP contribution is -2.43.